The normalized spacial score (nSPS) is 12.7. The van der Waals surface area contributed by atoms with Crippen LogP contribution >= 0.6 is 11.8 Å². The summed E-state index contributed by atoms with van der Waals surface area (Å²) in [6.45, 7) is 6.29. The van der Waals surface area contributed by atoms with Gasteiger partial charge in [0.25, 0.3) is 0 Å². The standard InChI is InChI=1S/C16H22OS/c1-13(2)6-5-7-15(17-4)12-18-16-10-8-14(3)9-11-16/h5-11,15H,12H2,1-4H3/b7-5+. The van der Waals surface area contributed by atoms with E-state index in [1.165, 1.54) is 16.0 Å². The van der Waals surface area contributed by atoms with Crippen LogP contribution in [0.15, 0.2) is 53.0 Å². The summed E-state index contributed by atoms with van der Waals surface area (Å²) < 4.78 is 5.44. The number of methoxy groups -OCH3 is 1. The Morgan fingerprint density at radius 1 is 1.28 bits per heavy atom. The summed E-state index contributed by atoms with van der Waals surface area (Å²) in [5.74, 6) is 0.937. The van der Waals surface area contributed by atoms with Crippen LogP contribution in [-0.4, -0.2) is 19.0 Å². The number of rotatable bonds is 6. The van der Waals surface area contributed by atoms with Crippen molar-refractivity contribution in [2.24, 2.45) is 0 Å². The van der Waals surface area contributed by atoms with Crippen molar-refractivity contribution >= 4 is 11.8 Å². The number of allylic oxidation sites excluding steroid dienone is 3. The first-order chi connectivity index (χ1) is 8.61. The Bertz CT molecular complexity index is 400. The Morgan fingerprint density at radius 3 is 2.50 bits per heavy atom. The molecule has 0 radical (unpaired) electrons. The maximum atomic E-state index is 5.44. The van der Waals surface area contributed by atoms with Gasteiger partial charge in [-0.05, 0) is 32.9 Å². The van der Waals surface area contributed by atoms with E-state index < -0.39 is 0 Å². The summed E-state index contributed by atoms with van der Waals surface area (Å²) >= 11 is 1.82. The Balaban J connectivity index is 2.46. The third-order valence-corrected chi connectivity index (χ3v) is 3.59. The molecule has 1 unspecified atom stereocenters. The molecule has 0 aliphatic carbocycles. The van der Waals surface area contributed by atoms with Gasteiger partial charge < -0.3 is 4.74 Å². The molecule has 1 nitrogen and oxygen atoms in total. The smallest absolute Gasteiger partial charge is 0.0848 e. The van der Waals surface area contributed by atoms with E-state index in [0.717, 1.165) is 5.75 Å². The first kappa shape index (κ1) is 15.1. The van der Waals surface area contributed by atoms with E-state index in [-0.39, 0.29) is 6.10 Å². The van der Waals surface area contributed by atoms with Gasteiger partial charge in [-0.1, -0.05) is 41.5 Å². The third-order valence-electron chi connectivity index (χ3n) is 2.49. The highest BCUT2D eigenvalue weighted by atomic mass is 32.2. The highest BCUT2D eigenvalue weighted by Crippen LogP contribution is 2.20. The van der Waals surface area contributed by atoms with Crippen LogP contribution in [0.3, 0.4) is 0 Å². The second-order valence-corrected chi connectivity index (χ2v) is 5.62. The van der Waals surface area contributed by atoms with Crippen LogP contribution in [0, 0.1) is 6.92 Å². The second kappa shape index (κ2) is 8.17. The molecule has 1 aromatic carbocycles. The van der Waals surface area contributed by atoms with Gasteiger partial charge in [0, 0.05) is 17.8 Å². The van der Waals surface area contributed by atoms with Crippen LogP contribution < -0.4 is 0 Å². The van der Waals surface area contributed by atoms with Crippen LogP contribution in [-0.2, 0) is 4.74 Å². The quantitative estimate of drug-likeness (QED) is 0.546. The van der Waals surface area contributed by atoms with E-state index in [2.05, 4.69) is 63.3 Å². The van der Waals surface area contributed by atoms with Crippen molar-refractivity contribution in [3.05, 3.63) is 53.6 Å². The molecule has 1 rings (SSSR count). The summed E-state index contributed by atoms with van der Waals surface area (Å²) in [4.78, 5) is 1.29. The van der Waals surface area contributed by atoms with Gasteiger partial charge in [-0.15, -0.1) is 11.8 Å². The predicted octanol–water partition coefficient (Wildman–Crippen LogP) is 4.62. The molecular formula is C16H22OS. The van der Waals surface area contributed by atoms with E-state index in [0.29, 0.717) is 0 Å². The lowest BCUT2D eigenvalue weighted by Crippen LogP contribution is -2.09. The predicted molar refractivity (Wildman–Crippen MR) is 81.3 cm³/mol. The summed E-state index contributed by atoms with van der Waals surface area (Å²) in [5.41, 5.74) is 2.60. The van der Waals surface area contributed by atoms with Crippen LogP contribution in [0.1, 0.15) is 19.4 Å². The lowest BCUT2D eigenvalue weighted by molar-refractivity contribution is 0.160. The number of hydrogen-bond donors (Lipinski definition) is 0. The molecule has 0 aliphatic rings. The molecule has 0 amide bonds. The molecule has 0 saturated heterocycles. The van der Waals surface area contributed by atoms with Gasteiger partial charge in [-0.2, -0.15) is 0 Å². The Labute approximate surface area is 115 Å². The highest BCUT2D eigenvalue weighted by molar-refractivity contribution is 7.99. The average molecular weight is 262 g/mol. The fourth-order valence-electron chi connectivity index (χ4n) is 1.39. The fourth-order valence-corrected chi connectivity index (χ4v) is 2.32. The fraction of sp³-hybridized carbons (Fsp3) is 0.375. The van der Waals surface area contributed by atoms with Gasteiger partial charge in [0.2, 0.25) is 0 Å². The Kier molecular flexibility index (Phi) is 6.84. The van der Waals surface area contributed by atoms with Gasteiger partial charge >= 0.3 is 0 Å². The van der Waals surface area contributed by atoms with Crippen molar-refractivity contribution in [1.29, 1.82) is 0 Å². The molecule has 0 spiro atoms. The molecule has 1 atom stereocenters. The number of ether oxygens (including phenoxy) is 1. The van der Waals surface area contributed by atoms with Crippen LogP contribution in [0.5, 0.6) is 0 Å². The van der Waals surface area contributed by atoms with E-state index >= 15 is 0 Å². The van der Waals surface area contributed by atoms with Crippen molar-refractivity contribution in [3.8, 4) is 0 Å². The Morgan fingerprint density at radius 2 is 1.94 bits per heavy atom. The molecule has 98 valence electrons. The maximum absolute atomic E-state index is 5.44. The van der Waals surface area contributed by atoms with E-state index in [9.17, 15) is 0 Å². The van der Waals surface area contributed by atoms with E-state index in [4.69, 9.17) is 4.74 Å². The highest BCUT2D eigenvalue weighted by Gasteiger charge is 2.03. The molecule has 0 heterocycles. The molecule has 0 fully saturated rings. The summed E-state index contributed by atoms with van der Waals surface area (Å²) in [7, 11) is 1.76. The van der Waals surface area contributed by atoms with Gasteiger partial charge in [-0.3, -0.25) is 0 Å². The summed E-state index contributed by atoms with van der Waals surface area (Å²) in [6, 6.07) is 8.60. The monoisotopic (exact) mass is 262 g/mol. The zero-order chi connectivity index (χ0) is 13.4. The van der Waals surface area contributed by atoms with Crippen molar-refractivity contribution < 1.29 is 4.74 Å². The second-order valence-electron chi connectivity index (χ2n) is 4.53. The molecule has 0 aliphatic heterocycles. The van der Waals surface area contributed by atoms with Crippen molar-refractivity contribution in [2.75, 3.05) is 12.9 Å². The Hall–Kier alpha value is -0.990. The molecule has 0 aromatic heterocycles. The third kappa shape index (κ3) is 6.08. The number of hydrogen-bond acceptors (Lipinski definition) is 2. The molecule has 2 heteroatoms. The first-order valence-corrected chi connectivity index (χ1v) is 7.14. The van der Waals surface area contributed by atoms with Gasteiger partial charge in [0.05, 0.1) is 6.10 Å². The zero-order valence-electron chi connectivity index (χ0n) is 11.6. The van der Waals surface area contributed by atoms with Crippen LogP contribution in [0.2, 0.25) is 0 Å². The largest absolute Gasteiger partial charge is 0.377 e. The minimum absolute atomic E-state index is 0.159. The molecule has 0 N–H and O–H groups in total. The molecule has 1 aromatic rings. The minimum Gasteiger partial charge on any atom is -0.377 e. The molecular weight excluding hydrogens is 240 g/mol. The van der Waals surface area contributed by atoms with Crippen molar-refractivity contribution in [1.82, 2.24) is 0 Å². The number of thioether (sulfide) groups is 1. The van der Waals surface area contributed by atoms with Crippen LogP contribution in [0.4, 0.5) is 0 Å². The summed E-state index contributed by atoms with van der Waals surface area (Å²) in [5, 5.41) is 0. The molecule has 0 bridgehead atoms. The van der Waals surface area contributed by atoms with E-state index in [1.54, 1.807) is 7.11 Å². The van der Waals surface area contributed by atoms with Gasteiger partial charge in [0.15, 0.2) is 0 Å². The van der Waals surface area contributed by atoms with Gasteiger partial charge in [-0.25, -0.2) is 0 Å². The topological polar surface area (TPSA) is 9.23 Å². The number of aryl methyl sites for hydroxylation is 1. The maximum Gasteiger partial charge on any atom is 0.0848 e. The van der Waals surface area contributed by atoms with E-state index in [1.807, 2.05) is 11.8 Å². The SMILES string of the molecule is COC(/C=C/C=C(C)C)CSc1ccc(C)cc1. The van der Waals surface area contributed by atoms with Gasteiger partial charge in [0.1, 0.15) is 0 Å². The minimum atomic E-state index is 0.159. The molecule has 0 saturated carbocycles. The van der Waals surface area contributed by atoms with Crippen molar-refractivity contribution in [2.45, 2.75) is 31.8 Å². The number of benzene rings is 1. The summed E-state index contributed by atoms with van der Waals surface area (Å²) in [6.07, 6.45) is 6.43. The average Bonchev–Trinajstić information content (AvgIpc) is 2.35. The zero-order valence-corrected chi connectivity index (χ0v) is 12.5. The molecule has 18 heavy (non-hydrogen) atoms. The lowest BCUT2D eigenvalue weighted by Gasteiger charge is -2.10. The van der Waals surface area contributed by atoms with Crippen LogP contribution in [0.25, 0.3) is 0 Å². The lowest BCUT2D eigenvalue weighted by atomic mass is 10.2. The van der Waals surface area contributed by atoms with Crippen molar-refractivity contribution in [3.63, 3.8) is 0 Å². The first-order valence-electron chi connectivity index (χ1n) is 6.16.